The van der Waals surface area contributed by atoms with E-state index in [2.05, 4.69) is 49.8 Å². The van der Waals surface area contributed by atoms with Crippen LogP contribution in [0.15, 0.2) is 12.1 Å². The van der Waals surface area contributed by atoms with Gasteiger partial charge in [-0.3, -0.25) is 0 Å². The minimum absolute atomic E-state index is 0.585. The first-order valence-corrected chi connectivity index (χ1v) is 7.57. The van der Waals surface area contributed by atoms with Gasteiger partial charge in [-0.15, -0.1) is 0 Å². The van der Waals surface area contributed by atoms with E-state index in [1.54, 1.807) is 0 Å². The Hall–Kier alpha value is -1.48. The van der Waals surface area contributed by atoms with Gasteiger partial charge in [0.05, 0.1) is 5.69 Å². The van der Waals surface area contributed by atoms with Crippen molar-refractivity contribution in [3.63, 3.8) is 0 Å². The van der Waals surface area contributed by atoms with Crippen LogP contribution in [0.1, 0.15) is 46.8 Å². The normalized spacial score (nSPS) is 14.6. The van der Waals surface area contributed by atoms with Crippen molar-refractivity contribution >= 4 is 12.2 Å². The molecule has 1 fully saturated rings. The van der Waals surface area contributed by atoms with Gasteiger partial charge < -0.3 is 4.98 Å². The number of hydrogen-bond acceptors (Lipinski definition) is 2. The number of aromatic nitrogens is 2. The van der Waals surface area contributed by atoms with Crippen molar-refractivity contribution in [1.29, 1.82) is 0 Å². The van der Waals surface area contributed by atoms with Gasteiger partial charge in [0.1, 0.15) is 10.5 Å². The molecule has 1 heterocycles. The number of aromatic amines is 1. The summed E-state index contributed by atoms with van der Waals surface area (Å²) in [4.78, 5) is 8.11. The highest BCUT2D eigenvalue weighted by Gasteiger charge is 2.27. The summed E-state index contributed by atoms with van der Waals surface area (Å²) in [5, 5.41) is 0. The van der Waals surface area contributed by atoms with Gasteiger partial charge in [-0.1, -0.05) is 29.9 Å². The van der Waals surface area contributed by atoms with E-state index in [9.17, 15) is 0 Å². The van der Waals surface area contributed by atoms with Gasteiger partial charge in [0.2, 0.25) is 0 Å². The summed E-state index contributed by atoms with van der Waals surface area (Å²) < 4.78 is 0.736. The van der Waals surface area contributed by atoms with E-state index in [-0.39, 0.29) is 0 Å². The lowest BCUT2D eigenvalue weighted by molar-refractivity contribution is 0.913. The fourth-order valence-electron chi connectivity index (χ4n) is 2.92. The number of nitrogens with zero attached hydrogens (tertiary/aromatic N) is 1. The van der Waals surface area contributed by atoms with Crippen LogP contribution in [-0.4, -0.2) is 9.97 Å². The molecule has 0 bridgehead atoms. The molecule has 1 aliphatic carbocycles. The van der Waals surface area contributed by atoms with Gasteiger partial charge in [0.25, 0.3) is 0 Å². The Morgan fingerprint density at radius 2 is 1.70 bits per heavy atom. The standard InChI is InChI=1S/C17H20N2S/c1-9-7-10(2)14(11(3)8-9)15-12(4)17(20)19-16(18-15)13-5-6-13/h7-8,13H,5-6H2,1-4H3,(H,18,19,20). The minimum Gasteiger partial charge on any atom is -0.343 e. The van der Waals surface area contributed by atoms with Crippen LogP contribution in [0.25, 0.3) is 11.3 Å². The molecular formula is C17H20N2S. The summed E-state index contributed by atoms with van der Waals surface area (Å²) in [5.74, 6) is 1.65. The molecular weight excluding hydrogens is 264 g/mol. The fourth-order valence-corrected chi connectivity index (χ4v) is 3.12. The Morgan fingerprint density at radius 3 is 2.25 bits per heavy atom. The van der Waals surface area contributed by atoms with Crippen molar-refractivity contribution < 1.29 is 0 Å². The van der Waals surface area contributed by atoms with Crippen LogP contribution in [0.3, 0.4) is 0 Å². The molecule has 2 aromatic rings. The second-order valence-electron chi connectivity index (χ2n) is 5.98. The third kappa shape index (κ3) is 2.31. The van der Waals surface area contributed by atoms with Crippen LogP contribution in [0.2, 0.25) is 0 Å². The maximum atomic E-state index is 5.46. The number of aryl methyl sites for hydroxylation is 3. The molecule has 1 saturated carbocycles. The molecule has 1 aromatic heterocycles. The Bertz CT molecular complexity index is 716. The van der Waals surface area contributed by atoms with E-state index in [0.717, 1.165) is 21.7 Å². The molecule has 0 radical (unpaired) electrons. The van der Waals surface area contributed by atoms with Gasteiger partial charge in [-0.25, -0.2) is 4.98 Å². The molecule has 0 atom stereocenters. The molecule has 20 heavy (non-hydrogen) atoms. The molecule has 0 unspecified atom stereocenters. The van der Waals surface area contributed by atoms with Gasteiger partial charge in [0, 0.05) is 17.0 Å². The molecule has 1 aromatic carbocycles. The van der Waals surface area contributed by atoms with Crippen molar-refractivity contribution in [2.75, 3.05) is 0 Å². The smallest absolute Gasteiger partial charge is 0.133 e. The molecule has 1 N–H and O–H groups in total. The summed E-state index contributed by atoms with van der Waals surface area (Å²) in [5.41, 5.74) is 7.41. The Kier molecular flexibility index (Phi) is 3.25. The highest BCUT2D eigenvalue weighted by atomic mass is 32.1. The first-order chi connectivity index (χ1) is 9.47. The average Bonchev–Trinajstić information content (AvgIpc) is 3.17. The predicted molar refractivity (Wildman–Crippen MR) is 85.8 cm³/mol. The van der Waals surface area contributed by atoms with Gasteiger partial charge in [-0.2, -0.15) is 0 Å². The highest BCUT2D eigenvalue weighted by molar-refractivity contribution is 7.71. The zero-order chi connectivity index (χ0) is 14.4. The SMILES string of the molecule is Cc1cc(C)c(-c2[nH]c(C3CC3)nc(=S)c2C)c(C)c1. The molecule has 104 valence electrons. The average molecular weight is 284 g/mol. The van der Waals surface area contributed by atoms with E-state index in [1.807, 2.05) is 0 Å². The van der Waals surface area contributed by atoms with Crippen molar-refractivity contribution in [3.05, 3.63) is 44.9 Å². The lowest BCUT2D eigenvalue weighted by atomic mass is 9.95. The highest BCUT2D eigenvalue weighted by Crippen LogP contribution is 2.39. The van der Waals surface area contributed by atoms with Gasteiger partial charge >= 0.3 is 0 Å². The van der Waals surface area contributed by atoms with Crippen LogP contribution in [0.5, 0.6) is 0 Å². The zero-order valence-electron chi connectivity index (χ0n) is 12.5. The second kappa shape index (κ2) is 4.81. The largest absolute Gasteiger partial charge is 0.343 e. The molecule has 3 heteroatoms. The lowest BCUT2D eigenvalue weighted by Gasteiger charge is -2.15. The first-order valence-electron chi connectivity index (χ1n) is 7.16. The van der Waals surface area contributed by atoms with E-state index in [0.29, 0.717) is 5.92 Å². The molecule has 0 amide bonds. The third-order valence-corrected chi connectivity index (χ3v) is 4.46. The quantitative estimate of drug-likeness (QED) is 0.793. The summed E-state index contributed by atoms with van der Waals surface area (Å²) in [6.45, 7) is 8.55. The number of hydrogen-bond donors (Lipinski definition) is 1. The summed E-state index contributed by atoms with van der Waals surface area (Å²) in [6, 6.07) is 4.46. The zero-order valence-corrected chi connectivity index (χ0v) is 13.3. The topological polar surface area (TPSA) is 28.7 Å². The summed E-state index contributed by atoms with van der Waals surface area (Å²) >= 11 is 5.46. The Balaban J connectivity index is 2.26. The minimum atomic E-state index is 0.585. The molecule has 2 nitrogen and oxygen atoms in total. The van der Waals surface area contributed by atoms with Gasteiger partial charge in [0.15, 0.2) is 0 Å². The summed E-state index contributed by atoms with van der Waals surface area (Å²) in [6.07, 6.45) is 2.46. The number of H-pyrrole nitrogens is 1. The summed E-state index contributed by atoms with van der Waals surface area (Å²) in [7, 11) is 0. The molecule has 3 rings (SSSR count). The third-order valence-electron chi connectivity index (χ3n) is 4.06. The van der Waals surface area contributed by atoms with Crippen molar-refractivity contribution in [2.45, 2.75) is 46.5 Å². The predicted octanol–water partition coefficient (Wildman–Crippen LogP) is 4.92. The number of benzene rings is 1. The van der Waals surface area contributed by atoms with Crippen molar-refractivity contribution in [2.24, 2.45) is 0 Å². The monoisotopic (exact) mass is 284 g/mol. The van der Waals surface area contributed by atoms with Crippen LogP contribution in [0, 0.1) is 32.3 Å². The van der Waals surface area contributed by atoms with E-state index < -0.39 is 0 Å². The molecule has 0 aliphatic heterocycles. The Morgan fingerprint density at radius 1 is 1.10 bits per heavy atom. The van der Waals surface area contributed by atoms with E-state index >= 15 is 0 Å². The second-order valence-corrected chi connectivity index (χ2v) is 6.36. The molecule has 0 spiro atoms. The van der Waals surface area contributed by atoms with E-state index in [1.165, 1.54) is 35.1 Å². The molecule has 0 saturated heterocycles. The first kappa shape index (κ1) is 13.5. The van der Waals surface area contributed by atoms with Crippen LogP contribution >= 0.6 is 12.2 Å². The van der Waals surface area contributed by atoms with Crippen molar-refractivity contribution in [1.82, 2.24) is 9.97 Å². The Labute approximate surface area is 125 Å². The number of rotatable bonds is 2. The van der Waals surface area contributed by atoms with Crippen LogP contribution in [-0.2, 0) is 0 Å². The maximum Gasteiger partial charge on any atom is 0.133 e. The van der Waals surface area contributed by atoms with Crippen molar-refractivity contribution in [3.8, 4) is 11.3 Å². The lowest BCUT2D eigenvalue weighted by Crippen LogP contribution is -2.02. The fraction of sp³-hybridized carbons (Fsp3) is 0.412. The molecule has 1 aliphatic rings. The number of nitrogens with one attached hydrogen (secondary N) is 1. The maximum absolute atomic E-state index is 5.46. The van der Waals surface area contributed by atoms with Crippen LogP contribution < -0.4 is 0 Å². The van der Waals surface area contributed by atoms with E-state index in [4.69, 9.17) is 12.2 Å². The van der Waals surface area contributed by atoms with Gasteiger partial charge in [-0.05, 0) is 51.7 Å². The van der Waals surface area contributed by atoms with Crippen LogP contribution in [0.4, 0.5) is 0 Å².